The van der Waals surface area contributed by atoms with Gasteiger partial charge in [0.1, 0.15) is 0 Å². The van der Waals surface area contributed by atoms with E-state index < -0.39 is 0 Å². The summed E-state index contributed by atoms with van der Waals surface area (Å²) in [6.07, 6.45) is 3.69. The molecule has 1 amide bonds. The van der Waals surface area contributed by atoms with Gasteiger partial charge in [-0.2, -0.15) is 0 Å². The van der Waals surface area contributed by atoms with Gasteiger partial charge in [-0.1, -0.05) is 0 Å². The Bertz CT molecular complexity index is 1070. The molecule has 4 rings (SSSR count). The number of carbonyl (C=O) groups excluding carboxylic acids is 1. The predicted octanol–water partition coefficient (Wildman–Crippen LogP) is 3.85. The van der Waals surface area contributed by atoms with Crippen LogP contribution in [0, 0.1) is 0 Å². The van der Waals surface area contributed by atoms with E-state index in [1.165, 1.54) is 16.9 Å². The summed E-state index contributed by atoms with van der Waals surface area (Å²) in [7, 11) is 3.37. The third kappa shape index (κ3) is 5.49. The van der Waals surface area contributed by atoms with Crippen LogP contribution >= 0.6 is 11.3 Å². The Kier molecular flexibility index (Phi) is 8.14. The molecule has 1 aliphatic rings. The number of fused-ring (bicyclic) bond motifs is 1. The number of benzene rings is 1. The van der Waals surface area contributed by atoms with Gasteiger partial charge in [0.2, 0.25) is 0 Å². The van der Waals surface area contributed by atoms with Crippen LogP contribution in [0.3, 0.4) is 0 Å². The number of nitrogens with one attached hydrogen (secondary N) is 1. The van der Waals surface area contributed by atoms with Crippen molar-refractivity contribution in [3.05, 3.63) is 47.3 Å². The number of hydrogen-bond acceptors (Lipinski definition) is 7. The molecule has 0 bridgehead atoms. The molecule has 3 aromatic rings. The van der Waals surface area contributed by atoms with Crippen molar-refractivity contribution in [1.29, 1.82) is 0 Å². The van der Waals surface area contributed by atoms with Gasteiger partial charge in [-0.3, -0.25) is 0 Å². The Morgan fingerprint density at radius 1 is 1.28 bits per heavy atom. The van der Waals surface area contributed by atoms with E-state index in [0.29, 0.717) is 16.6 Å². The van der Waals surface area contributed by atoms with Crippen molar-refractivity contribution in [3.8, 4) is 5.75 Å². The van der Waals surface area contributed by atoms with Gasteiger partial charge in [0.05, 0.1) is 0 Å². The summed E-state index contributed by atoms with van der Waals surface area (Å²) in [4.78, 5) is 22.1. The number of nitrogens with zero attached hydrogens (tertiary/aromatic N) is 2. The van der Waals surface area contributed by atoms with Crippen molar-refractivity contribution >= 4 is 48.3 Å². The number of methoxy groups -OCH3 is 2. The summed E-state index contributed by atoms with van der Waals surface area (Å²) in [5, 5.41) is 5.60. The van der Waals surface area contributed by atoms with Crippen LogP contribution in [0.1, 0.15) is 40.4 Å². The first-order valence-electron chi connectivity index (χ1n) is 10.7. The van der Waals surface area contributed by atoms with E-state index in [1.807, 2.05) is 12.1 Å². The number of hydrogen-bond donors (Lipinski definition) is 1. The molecular formula is C23H28AsN3O4S. The van der Waals surface area contributed by atoms with E-state index in [-0.39, 0.29) is 21.7 Å². The minimum absolute atomic E-state index is 0.161. The van der Waals surface area contributed by atoms with Crippen molar-refractivity contribution in [3.63, 3.8) is 0 Å². The van der Waals surface area contributed by atoms with Crippen molar-refractivity contribution in [2.75, 3.05) is 39.4 Å². The van der Waals surface area contributed by atoms with Gasteiger partial charge in [-0.05, 0) is 0 Å². The molecule has 9 heteroatoms. The zero-order chi connectivity index (χ0) is 22.3. The second kappa shape index (κ2) is 11.2. The molecule has 0 saturated carbocycles. The monoisotopic (exact) mass is 517 g/mol. The van der Waals surface area contributed by atoms with Crippen LogP contribution < -0.4 is 10.1 Å². The molecule has 2 aromatic heterocycles. The first-order chi connectivity index (χ1) is 15.7. The van der Waals surface area contributed by atoms with Gasteiger partial charge in [-0.15, -0.1) is 0 Å². The Labute approximate surface area is 198 Å². The Hall–Kier alpha value is -1.99. The fourth-order valence-corrected chi connectivity index (χ4v) is 6.94. The molecule has 1 atom stereocenters. The zero-order valence-electron chi connectivity index (χ0n) is 18.3. The van der Waals surface area contributed by atoms with Crippen molar-refractivity contribution in [2.45, 2.75) is 29.2 Å². The second-order valence-corrected chi connectivity index (χ2v) is 11.4. The molecule has 7 nitrogen and oxygen atoms in total. The van der Waals surface area contributed by atoms with E-state index in [2.05, 4.69) is 16.4 Å². The fraction of sp³-hybridized carbons (Fsp3) is 0.435. The maximum absolute atomic E-state index is 12.9. The molecule has 1 unspecified atom stereocenters. The van der Waals surface area contributed by atoms with Crippen molar-refractivity contribution in [2.24, 2.45) is 0 Å². The number of aromatic nitrogens is 2. The number of rotatable bonds is 9. The maximum atomic E-state index is 12.9. The first kappa shape index (κ1) is 23.2. The van der Waals surface area contributed by atoms with Crippen LogP contribution in [0.15, 0.2) is 30.5 Å². The van der Waals surface area contributed by atoms with Gasteiger partial charge in [0.25, 0.3) is 0 Å². The van der Waals surface area contributed by atoms with E-state index in [4.69, 9.17) is 19.2 Å². The van der Waals surface area contributed by atoms with Gasteiger partial charge in [-0.25, -0.2) is 0 Å². The van der Waals surface area contributed by atoms with Gasteiger partial charge in [0.15, 0.2) is 0 Å². The van der Waals surface area contributed by atoms with Gasteiger partial charge in [0, 0.05) is 13.2 Å². The minimum atomic E-state index is -0.170. The summed E-state index contributed by atoms with van der Waals surface area (Å²) in [5.74, 6) is 0.987. The molecule has 1 N–H and O–H groups in total. The molecule has 0 aliphatic carbocycles. The molecule has 1 aromatic carbocycles. The summed E-state index contributed by atoms with van der Waals surface area (Å²) in [6, 6.07) is 7.73. The second-order valence-electron chi connectivity index (χ2n) is 7.60. The summed E-state index contributed by atoms with van der Waals surface area (Å²) in [6.45, 7) is 2.34. The molecule has 3 heterocycles. The number of thiazole rings is 1. The molecule has 0 spiro atoms. The van der Waals surface area contributed by atoms with Crippen LogP contribution in [0.4, 0.5) is 5.13 Å². The van der Waals surface area contributed by atoms with E-state index in [9.17, 15) is 4.79 Å². The number of pyridine rings is 1. The van der Waals surface area contributed by atoms with E-state index >= 15 is 0 Å². The molecule has 1 saturated heterocycles. The topological polar surface area (TPSA) is 82.6 Å². The van der Waals surface area contributed by atoms with Crippen LogP contribution in [0.2, 0.25) is 5.21 Å². The standard InChI is InChI=1S/C23H28AsN3O4S/c1-29-12-8-24-14-17-13-16(5-9-25-17)22(28)27-23-26-20-19(30-2)4-3-18(21(20)32-23)15-6-10-31-11-7-15/h3-5,9,13,15,24H,6-8,10-12,14H2,1-2H3,(H,26,27,28). The quantitative estimate of drug-likeness (QED) is 0.343. The van der Waals surface area contributed by atoms with Crippen LogP contribution in [-0.4, -0.2) is 65.7 Å². The van der Waals surface area contributed by atoms with Crippen LogP contribution in [-0.2, 0) is 14.7 Å². The average molecular weight is 517 g/mol. The molecule has 1 fully saturated rings. The molecule has 170 valence electrons. The zero-order valence-corrected chi connectivity index (χ0v) is 21.3. The summed E-state index contributed by atoms with van der Waals surface area (Å²) >= 11 is 1.35. The summed E-state index contributed by atoms with van der Waals surface area (Å²) < 4.78 is 17.3. The normalized spacial score (nSPS) is 14.9. The molecule has 32 heavy (non-hydrogen) atoms. The number of ether oxygens (including phenoxy) is 3. The Morgan fingerprint density at radius 3 is 2.91 bits per heavy atom. The van der Waals surface area contributed by atoms with Crippen molar-refractivity contribution in [1.82, 2.24) is 9.97 Å². The molecule has 0 radical (unpaired) electrons. The summed E-state index contributed by atoms with van der Waals surface area (Å²) in [5.41, 5.74) is 3.62. The van der Waals surface area contributed by atoms with Crippen LogP contribution in [0.5, 0.6) is 5.75 Å². The SMILES string of the molecule is COCC[AsH]Cc1cc(C(=O)Nc2nc3c(OC)ccc(C4CCOCC4)c3s2)ccn1. The number of amides is 1. The third-order valence-corrected chi connectivity index (χ3v) is 8.98. The molecular weight excluding hydrogens is 489 g/mol. The third-order valence-electron chi connectivity index (χ3n) is 5.51. The average Bonchev–Trinajstić information content (AvgIpc) is 3.25. The van der Waals surface area contributed by atoms with E-state index in [1.54, 1.807) is 26.5 Å². The van der Waals surface area contributed by atoms with Gasteiger partial charge < -0.3 is 4.74 Å². The predicted molar refractivity (Wildman–Crippen MR) is 129 cm³/mol. The number of anilines is 1. The number of carbonyl (C=O) groups is 1. The van der Waals surface area contributed by atoms with E-state index in [0.717, 1.165) is 64.7 Å². The molecule has 1 aliphatic heterocycles. The first-order valence-corrected chi connectivity index (χ1v) is 14.5. The Balaban J connectivity index is 1.53. The fourth-order valence-electron chi connectivity index (χ4n) is 3.83. The Morgan fingerprint density at radius 2 is 2.12 bits per heavy atom. The van der Waals surface area contributed by atoms with Gasteiger partial charge >= 0.3 is 181 Å². The van der Waals surface area contributed by atoms with Crippen molar-refractivity contribution < 1.29 is 19.0 Å². The van der Waals surface area contributed by atoms with Crippen LogP contribution in [0.25, 0.3) is 10.2 Å².